The zero-order valence-electron chi connectivity index (χ0n) is 8.13. The molecule has 4 heteroatoms. The van der Waals surface area contributed by atoms with Gasteiger partial charge in [0.05, 0.1) is 5.02 Å². The van der Waals surface area contributed by atoms with E-state index in [0.29, 0.717) is 10.8 Å². The quantitative estimate of drug-likeness (QED) is 0.749. The van der Waals surface area contributed by atoms with Crippen LogP contribution in [0.3, 0.4) is 0 Å². The molecule has 0 saturated heterocycles. The average Bonchev–Trinajstić information content (AvgIpc) is 2.15. The van der Waals surface area contributed by atoms with E-state index in [-0.39, 0.29) is 0 Å². The lowest BCUT2D eigenvalue weighted by atomic mass is 10.2. The first kappa shape index (κ1) is 11.0. The van der Waals surface area contributed by atoms with E-state index in [1.54, 1.807) is 12.3 Å². The number of nitrogen functional groups attached to an aromatic ring is 1. The van der Waals surface area contributed by atoms with Crippen LogP contribution in [0.25, 0.3) is 6.08 Å². The van der Waals surface area contributed by atoms with Crippen LogP contribution in [0, 0.1) is 0 Å². The van der Waals surface area contributed by atoms with E-state index in [2.05, 4.69) is 16.4 Å². The Hall–Kier alpha value is -1.06. The van der Waals surface area contributed by atoms with Crippen molar-refractivity contribution in [2.75, 3.05) is 19.3 Å². The molecule has 1 aromatic heterocycles. The van der Waals surface area contributed by atoms with E-state index in [1.807, 2.05) is 13.1 Å². The number of hydrogen-bond donors (Lipinski definition) is 2. The maximum atomic E-state index is 5.96. The van der Waals surface area contributed by atoms with Crippen LogP contribution in [-0.4, -0.2) is 18.6 Å². The molecule has 1 heterocycles. The van der Waals surface area contributed by atoms with Gasteiger partial charge < -0.3 is 11.1 Å². The fraction of sp³-hybridized carbons (Fsp3) is 0.300. The van der Waals surface area contributed by atoms with Crippen LogP contribution in [-0.2, 0) is 0 Å². The van der Waals surface area contributed by atoms with Gasteiger partial charge in [-0.25, -0.2) is 4.98 Å². The molecular formula is C10H14ClN3. The molecule has 0 radical (unpaired) electrons. The number of aromatic nitrogens is 1. The van der Waals surface area contributed by atoms with E-state index in [0.717, 1.165) is 18.5 Å². The molecule has 14 heavy (non-hydrogen) atoms. The molecule has 3 N–H and O–H groups in total. The molecule has 0 spiro atoms. The molecule has 0 atom stereocenters. The van der Waals surface area contributed by atoms with Crippen LogP contribution >= 0.6 is 11.6 Å². The fourth-order valence-electron chi connectivity index (χ4n) is 1.02. The van der Waals surface area contributed by atoms with E-state index in [9.17, 15) is 0 Å². The van der Waals surface area contributed by atoms with Gasteiger partial charge in [-0.2, -0.15) is 0 Å². The summed E-state index contributed by atoms with van der Waals surface area (Å²) in [7, 11) is 1.92. The summed E-state index contributed by atoms with van der Waals surface area (Å²) in [6, 6.07) is 1.65. The molecule has 0 bridgehead atoms. The molecule has 0 unspecified atom stereocenters. The Morgan fingerprint density at radius 3 is 3.07 bits per heavy atom. The van der Waals surface area contributed by atoms with E-state index >= 15 is 0 Å². The van der Waals surface area contributed by atoms with Crippen molar-refractivity contribution in [3.05, 3.63) is 28.9 Å². The lowest BCUT2D eigenvalue weighted by molar-refractivity contribution is 0.809. The van der Waals surface area contributed by atoms with Gasteiger partial charge >= 0.3 is 0 Å². The van der Waals surface area contributed by atoms with Crippen LogP contribution in [0.1, 0.15) is 12.0 Å². The van der Waals surface area contributed by atoms with Crippen molar-refractivity contribution in [3.8, 4) is 0 Å². The van der Waals surface area contributed by atoms with Crippen LogP contribution in [0.2, 0.25) is 5.02 Å². The van der Waals surface area contributed by atoms with E-state index < -0.39 is 0 Å². The van der Waals surface area contributed by atoms with Gasteiger partial charge in [-0.3, -0.25) is 0 Å². The summed E-state index contributed by atoms with van der Waals surface area (Å²) in [4.78, 5) is 3.97. The van der Waals surface area contributed by atoms with Crippen molar-refractivity contribution in [1.29, 1.82) is 0 Å². The molecule has 0 amide bonds. The minimum atomic E-state index is 0.447. The summed E-state index contributed by atoms with van der Waals surface area (Å²) in [5, 5.41) is 3.70. The Morgan fingerprint density at radius 2 is 2.43 bits per heavy atom. The zero-order valence-corrected chi connectivity index (χ0v) is 8.88. The van der Waals surface area contributed by atoms with E-state index in [1.165, 1.54) is 0 Å². The van der Waals surface area contributed by atoms with Gasteiger partial charge in [0.25, 0.3) is 0 Å². The third-order valence-corrected chi connectivity index (χ3v) is 2.09. The van der Waals surface area contributed by atoms with E-state index in [4.69, 9.17) is 17.3 Å². The standard InChI is InChI=1S/C10H14ClN3/c1-13-5-3-2-4-8-7-14-10(12)6-9(8)11/h2,4,6-7,13H,3,5H2,1H3,(H2,12,14). The monoisotopic (exact) mass is 211 g/mol. The number of halogens is 1. The lowest BCUT2D eigenvalue weighted by Crippen LogP contribution is -2.05. The predicted molar refractivity (Wildman–Crippen MR) is 61.2 cm³/mol. The predicted octanol–water partition coefficient (Wildman–Crippen LogP) is 1.94. The molecular weight excluding hydrogens is 198 g/mol. The molecule has 0 aromatic carbocycles. The minimum absolute atomic E-state index is 0.447. The Balaban J connectivity index is 2.62. The molecule has 1 aromatic rings. The Morgan fingerprint density at radius 1 is 1.64 bits per heavy atom. The summed E-state index contributed by atoms with van der Waals surface area (Å²) >= 11 is 5.96. The average molecular weight is 212 g/mol. The number of nitrogens with zero attached hydrogens (tertiary/aromatic N) is 1. The number of anilines is 1. The molecule has 0 fully saturated rings. The first-order valence-corrected chi connectivity index (χ1v) is 4.84. The third kappa shape index (κ3) is 3.36. The Kier molecular flexibility index (Phi) is 4.43. The number of pyridine rings is 1. The van der Waals surface area contributed by atoms with Crippen LogP contribution < -0.4 is 11.1 Å². The molecule has 0 saturated carbocycles. The second-order valence-corrected chi connectivity index (χ2v) is 3.33. The summed E-state index contributed by atoms with van der Waals surface area (Å²) < 4.78 is 0. The summed E-state index contributed by atoms with van der Waals surface area (Å²) in [5.74, 6) is 0.447. The highest BCUT2D eigenvalue weighted by molar-refractivity contribution is 6.32. The molecule has 0 aliphatic rings. The van der Waals surface area contributed by atoms with Gasteiger partial charge in [0, 0.05) is 11.8 Å². The smallest absolute Gasteiger partial charge is 0.124 e. The van der Waals surface area contributed by atoms with Crippen molar-refractivity contribution in [3.63, 3.8) is 0 Å². The minimum Gasteiger partial charge on any atom is -0.384 e. The summed E-state index contributed by atoms with van der Waals surface area (Å²) in [6.07, 6.45) is 6.65. The highest BCUT2D eigenvalue weighted by Gasteiger charge is 1.96. The van der Waals surface area contributed by atoms with Crippen LogP contribution in [0.4, 0.5) is 5.82 Å². The van der Waals surface area contributed by atoms with Crippen molar-refractivity contribution in [1.82, 2.24) is 10.3 Å². The van der Waals surface area contributed by atoms with Crippen LogP contribution in [0.5, 0.6) is 0 Å². The van der Waals surface area contributed by atoms with Crippen molar-refractivity contribution < 1.29 is 0 Å². The molecule has 0 aliphatic heterocycles. The number of hydrogen-bond acceptors (Lipinski definition) is 3. The molecule has 0 aliphatic carbocycles. The largest absolute Gasteiger partial charge is 0.384 e. The van der Waals surface area contributed by atoms with Gasteiger partial charge in [-0.1, -0.05) is 23.8 Å². The first-order valence-electron chi connectivity index (χ1n) is 4.46. The molecule has 76 valence electrons. The van der Waals surface area contributed by atoms with Gasteiger partial charge in [-0.05, 0) is 26.1 Å². The SMILES string of the molecule is CNCCC=Cc1cnc(N)cc1Cl. The Bertz CT molecular complexity index is 323. The Labute approximate surface area is 89.0 Å². The first-order chi connectivity index (χ1) is 6.74. The zero-order chi connectivity index (χ0) is 10.4. The van der Waals surface area contributed by atoms with Gasteiger partial charge in [0.1, 0.15) is 5.82 Å². The number of nitrogens with one attached hydrogen (secondary N) is 1. The summed E-state index contributed by atoms with van der Waals surface area (Å²) in [6.45, 7) is 0.955. The van der Waals surface area contributed by atoms with Crippen molar-refractivity contribution in [2.24, 2.45) is 0 Å². The van der Waals surface area contributed by atoms with Gasteiger partial charge in [0.2, 0.25) is 0 Å². The lowest BCUT2D eigenvalue weighted by Gasteiger charge is -1.98. The fourth-order valence-corrected chi connectivity index (χ4v) is 1.24. The topological polar surface area (TPSA) is 50.9 Å². The maximum Gasteiger partial charge on any atom is 0.124 e. The number of rotatable bonds is 4. The second-order valence-electron chi connectivity index (χ2n) is 2.93. The second kappa shape index (κ2) is 5.62. The molecule has 3 nitrogen and oxygen atoms in total. The maximum absolute atomic E-state index is 5.96. The highest BCUT2D eigenvalue weighted by atomic mass is 35.5. The van der Waals surface area contributed by atoms with Crippen LogP contribution in [0.15, 0.2) is 18.3 Å². The van der Waals surface area contributed by atoms with Crippen molar-refractivity contribution >= 4 is 23.5 Å². The highest BCUT2D eigenvalue weighted by Crippen LogP contribution is 2.18. The van der Waals surface area contributed by atoms with Gasteiger partial charge in [0.15, 0.2) is 0 Å². The summed E-state index contributed by atoms with van der Waals surface area (Å²) in [5.41, 5.74) is 6.37. The molecule has 1 rings (SSSR count). The van der Waals surface area contributed by atoms with Gasteiger partial charge in [-0.15, -0.1) is 0 Å². The third-order valence-electron chi connectivity index (χ3n) is 1.76. The normalized spacial score (nSPS) is 11.0. The number of nitrogens with two attached hydrogens (primary N) is 1. The van der Waals surface area contributed by atoms with Crippen molar-refractivity contribution in [2.45, 2.75) is 6.42 Å².